The highest BCUT2D eigenvalue weighted by Gasteiger charge is 2.27. The minimum absolute atomic E-state index is 0.135. The lowest BCUT2D eigenvalue weighted by molar-refractivity contribution is 0.423. The molecule has 150 valence electrons. The number of phenols is 1. The van der Waals surface area contributed by atoms with Crippen LogP contribution in [0.1, 0.15) is 84.0 Å². The molecule has 2 N–H and O–H groups in total. The van der Waals surface area contributed by atoms with Crippen molar-refractivity contribution < 1.29 is 5.11 Å². The Morgan fingerprint density at radius 2 is 1.56 bits per heavy atom. The summed E-state index contributed by atoms with van der Waals surface area (Å²) in [6.07, 6.45) is 1.07. The molecule has 0 aliphatic heterocycles. The SMILES string of the molecule is CNC(CC(C)C)c1nc(-c2cc(C(C)(C)C)c(O)c(C(C)(C)C)c2)cs1. The second-order valence-corrected chi connectivity index (χ2v) is 10.9. The number of nitrogens with zero attached hydrogens (tertiary/aromatic N) is 1. The van der Waals surface area contributed by atoms with Gasteiger partial charge in [-0.25, -0.2) is 4.98 Å². The topological polar surface area (TPSA) is 45.2 Å². The van der Waals surface area contributed by atoms with E-state index in [0.717, 1.165) is 33.8 Å². The molecule has 4 heteroatoms. The maximum absolute atomic E-state index is 10.9. The Morgan fingerprint density at radius 1 is 1.04 bits per heavy atom. The molecule has 1 atom stereocenters. The van der Waals surface area contributed by atoms with Crippen LogP contribution >= 0.6 is 11.3 Å². The van der Waals surface area contributed by atoms with Crippen molar-refractivity contribution in [1.29, 1.82) is 0 Å². The molecule has 0 spiro atoms. The van der Waals surface area contributed by atoms with E-state index < -0.39 is 0 Å². The summed E-state index contributed by atoms with van der Waals surface area (Å²) in [4.78, 5) is 4.96. The maximum atomic E-state index is 10.9. The molecule has 27 heavy (non-hydrogen) atoms. The van der Waals surface area contributed by atoms with Gasteiger partial charge < -0.3 is 10.4 Å². The summed E-state index contributed by atoms with van der Waals surface area (Å²) in [6.45, 7) is 17.3. The zero-order chi connectivity index (χ0) is 20.6. The normalized spacial score (nSPS) is 14.0. The second kappa shape index (κ2) is 7.92. The smallest absolute Gasteiger partial charge is 0.123 e. The molecule has 1 heterocycles. The zero-order valence-electron chi connectivity index (χ0n) is 18.4. The molecular formula is C23H36N2OS. The number of benzene rings is 1. The zero-order valence-corrected chi connectivity index (χ0v) is 19.2. The Kier molecular flexibility index (Phi) is 6.43. The molecule has 1 unspecified atom stereocenters. The predicted molar refractivity (Wildman–Crippen MR) is 118 cm³/mol. The third-order valence-corrected chi connectivity index (χ3v) is 5.86. The molecule has 0 saturated heterocycles. The van der Waals surface area contributed by atoms with Gasteiger partial charge in [0.2, 0.25) is 0 Å². The second-order valence-electron chi connectivity index (χ2n) is 9.96. The number of aromatic nitrogens is 1. The first-order valence-corrected chi connectivity index (χ1v) is 10.7. The fourth-order valence-electron chi connectivity index (χ4n) is 3.32. The van der Waals surface area contributed by atoms with Gasteiger partial charge in [0.15, 0.2) is 0 Å². The van der Waals surface area contributed by atoms with Gasteiger partial charge in [-0.15, -0.1) is 11.3 Å². The van der Waals surface area contributed by atoms with E-state index in [1.807, 2.05) is 7.05 Å². The summed E-state index contributed by atoms with van der Waals surface area (Å²) in [5, 5.41) is 17.6. The van der Waals surface area contributed by atoms with Crippen molar-refractivity contribution in [2.45, 2.75) is 78.7 Å². The lowest BCUT2D eigenvalue weighted by atomic mass is 9.78. The number of hydrogen-bond acceptors (Lipinski definition) is 4. The van der Waals surface area contributed by atoms with Gasteiger partial charge in [0.25, 0.3) is 0 Å². The van der Waals surface area contributed by atoms with Crippen molar-refractivity contribution in [3.8, 4) is 17.0 Å². The summed E-state index contributed by atoms with van der Waals surface area (Å²) < 4.78 is 0. The van der Waals surface area contributed by atoms with Gasteiger partial charge in [-0.05, 0) is 42.3 Å². The maximum Gasteiger partial charge on any atom is 0.123 e. The lowest BCUT2D eigenvalue weighted by Gasteiger charge is -2.28. The molecule has 0 radical (unpaired) electrons. The summed E-state index contributed by atoms with van der Waals surface area (Å²) in [5.74, 6) is 1.03. The van der Waals surface area contributed by atoms with Gasteiger partial charge in [-0.3, -0.25) is 0 Å². The first-order chi connectivity index (χ1) is 12.3. The van der Waals surface area contributed by atoms with E-state index in [2.05, 4.69) is 78.2 Å². The van der Waals surface area contributed by atoms with E-state index in [1.54, 1.807) is 11.3 Å². The van der Waals surface area contributed by atoms with Crippen LogP contribution < -0.4 is 5.32 Å². The van der Waals surface area contributed by atoms with Crippen molar-refractivity contribution in [2.75, 3.05) is 7.05 Å². The molecule has 2 aromatic rings. The highest BCUT2D eigenvalue weighted by atomic mass is 32.1. The lowest BCUT2D eigenvalue weighted by Crippen LogP contribution is -2.18. The quantitative estimate of drug-likeness (QED) is 0.621. The van der Waals surface area contributed by atoms with E-state index in [1.165, 1.54) is 0 Å². The number of nitrogens with one attached hydrogen (secondary N) is 1. The van der Waals surface area contributed by atoms with Crippen LogP contribution in [-0.4, -0.2) is 17.1 Å². The fraction of sp³-hybridized carbons (Fsp3) is 0.609. The highest BCUT2D eigenvalue weighted by molar-refractivity contribution is 7.10. The number of rotatable bonds is 5. The number of aromatic hydroxyl groups is 1. The van der Waals surface area contributed by atoms with E-state index in [9.17, 15) is 5.11 Å². The Morgan fingerprint density at radius 3 is 1.96 bits per heavy atom. The largest absolute Gasteiger partial charge is 0.507 e. The first-order valence-electron chi connectivity index (χ1n) is 9.85. The van der Waals surface area contributed by atoms with E-state index >= 15 is 0 Å². The Balaban J connectivity index is 2.56. The van der Waals surface area contributed by atoms with Crippen molar-refractivity contribution in [3.05, 3.63) is 33.6 Å². The molecule has 1 aromatic heterocycles. The Hall–Kier alpha value is -1.39. The van der Waals surface area contributed by atoms with Crippen LogP contribution in [0.15, 0.2) is 17.5 Å². The van der Waals surface area contributed by atoms with Crippen molar-refractivity contribution >= 4 is 11.3 Å². The summed E-state index contributed by atoms with van der Waals surface area (Å²) in [5.41, 5.74) is 3.77. The van der Waals surface area contributed by atoms with Crippen LogP contribution in [0.3, 0.4) is 0 Å². The number of thiazole rings is 1. The van der Waals surface area contributed by atoms with Crippen molar-refractivity contribution in [3.63, 3.8) is 0 Å². The molecular weight excluding hydrogens is 352 g/mol. The summed E-state index contributed by atoms with van der Waals surface area (Å²) in [6, 6.07) is 4.51. The number of hydrogen-bond donors (Lipinski definition) is 2. The summed E-state index contributed by atoms with van der Waals surface area (Å²) >= 11 is 1.71. The standard InChI is InChI=1S/C23H36N2OS/c1-14(2)10-18(24-9)21-25-19(13-27-21)15-11-16(22(3,4)5)20(26)17(12-15)23(6,7)8/h11-14,18,24,26H,10H2,1-9H3. The molecule has 0 amide bonds. The molecule has 0 fully saturated rings. The van der Waals surface area contributed by atoms with E-state index in [-0.39, 0.29) is 16.9 Å². The average Bonchev–Trinajstić information content (AvgIpc) is 3.00. The van der Waals surface area contributed by atoms with Crippen LogP contribution in [0.2, 0.25) is 0 Å². The molecule has 0 saturated carbocycles. The third-order valence-electron chi connectivity index (χ3n) is 4.90. The van der Waals surface area contributed by atoms with Gasteiger partial charge in [-0.1, -0.05) is 55.4 Å². The Labute approximate surface area is 169 Å². The molecule has 0 aliphatic rings. The van der Waals surface area contributed by atoms with Crippen LogP contribution in [0.25, 0.3) is 11.3 Å². The van der Waals surface area contributed by atoms with Gasteiger partial charge >= 0.3 is 0 Å². The Bertz CT molecular complexity index is 743. The van der Waals surface area contributed by atoms with Crippen LogP contribution in [0.4, 0.5) is 0 Å². The molecule has 2 rings (SSSR count). The van der Waals surface area contributed by atoms with Gasteiger partial charge in [0.05, 0.1) is 11.7 Å². The van der Waals surface area contributed by atoms with Crippen LogP contribution in [-0.2, 0) is 10.8 Å². The minimum Gasteiger partial charge on any atom is -0.507 e. The predicted octanol–water partition coefficient (Wildman–Crippen LogP) is 6.42. The molecule has 1 aromatic carbocycles. The molecule has 0 aliphatic carbocycles. The monoisotopic (exact) mass is 388 g/mol. The number of phenolic OH excluding ortho intramolecular Hbond substituents is 1. The van der Waals surface area contributed by atoms with Gasteiger partial charge in [-0.2, -0.15) is 0 Å². The molecule has 0 bridgehead atoms. The first kappa shape index (κ1) is 21.9. The van der Waals surface area contributed by atoms with Gasteiger partial charge in [0.1, 0.15) is 10.8 Å². The van der Waals surface area contributed by atoms with Crippen LogP contribution in [0, 0.1) is 5.92 Å². The highest BCUT2D eigenvalue weighted by Crippen LogP contribution is 2.42. The molecule has 3 nitrogen and oxygen atoms in total. The van der Waals surface area contributed by atoms with Gasteiger partial charge in [0, 0.05) is 22.1 Å². The fourth-order valence-corrected chi connectivity index (χ4v) is 4.27. The van der Waals surface area contributed by atoms with Crippen LogP contribution in [0.5, 0.6) is 5.75 Å². The summed E-state index contributed by atoms with van der Waals surface area (Å²) in [7, 11) is 2.00. The van der Waals surface area contributed by atoms with E-state index in [4.69, 9.17) is 4.98 Å². The van der Waals surface area contributed by atoms with Crippen molar-refractivity contribution in [1.82, 2.24) is 10.3 Å². The third kappa shape index (κ3) is 5.11. The van der Waals surface area contributed by atoms with Crippen molar-refractivity contribution in [2.24, 2.45) is 5.92 Å². The van der Waals surface area contributed by atoms with E-state index in [0.29, 0.717) is 11.7 Å². The minimum atomic E-state index is -0.135. The average molecular weight is 389 g/mol.